The normalized spacial score (nSPS) is 10.2. The van der Waals surface area contributed by atoms with Crippen molar-refractivity contribution in [3.8, 4) is 11.5 Å². The molecule has 82 valence electrons. The van der Waals surface area contributed by atoms with Crippen molar-refractivity contribution in [2.75, 3.05) is 12.4 Å². The van der Waals surface area contributed by atoms with Crippen LogP contribution in [0.4, 0.5) is 10.2 Å². The summed E-state index contributed by atoms with van der Waals surface area (Å²) in [5, 5.41) is 2.68. The summed E-state index contributed by atoms with van der Waals surface area (Å²) in [5.41, 5.74) is 0.850. The summed E-state index contributed by atoms with van der Waals surface area (Å²) in [6.07, 6.45) is 2.99. The third-order valence-corrected chi connectivity index (χ3v) is 2.06. The fourth-order valence-electron chi connectivity index (χ4n) is 1.26. The lowest BCUT2D eigenvalue weighted by Gasteiger charge is -2.06. The van der Waals surface area contributed by atoms with Crippen LogP contribution >= 0.6 is 0 Å². The number of aromatic nitrogens is 4. The van der Waals surface area contributed by atoms with E-state index in [0.717, 1.165) is 0 Å². The van der Waals surface area contributed by atoms with Gasteiger partial charge in [0.2, 0.25) is 0 Å². The van der Waals surface area contributed by atoms with Gasteiger partial charge in [-0.1, -0.05) is 0 Å². The summed E-state index contributed by atoms with van der Waals surface area (Å²) in [5.74, 6) is 0.104. The molecule has 0 saturated carbocycles. The zero-order chi connectivity index (χ0) is 11.5. The average molecular weight is 219 g/mol. The molecule has 0 fully saturated rings. The summed E-state index contributed by atoms with van der Waals surface area (Å²) in [6.45, 7) is 1.59. The number of hydrogen-bond acceptors (Lipinski definition) is 5. The molecule has 0 aromatic carbocycles. The molecule has 1 N–H and O–H groups in total. The third kappa shape index (κ3) is 1.81. The van der Waals surface area contributed by atoms with Crippen LogP contribution in [-0.2, 0) is 0 Å². The predicted octanol–water partition coefficient (Wildman–Crippen LogP) is 1.42. The summed E-state index contributed by atoms with van der Waals surface area (Å²) >= 11 is 0. The van der Waals surface area contributed by atoms with E-state index in [0.29, 0.717) is 11.5 Å². The Hall–Kier alpha value is -2.11. The van der Waals surface area contributed by atoms with Crippen molar-refractivity contribution < 1.29 is 4.39 Å². The van der Waals surface area contributed by atoms with E-state index in [1.54, 1.807) is 26.2 Å². The molecule has 2 rings (SSSR count). The monoisotopic (exact) mass is 219 g/mol. The van der Waals surface area contributed by atoms with Gasteiger partial charge in [0.15, 0.2) is 17.5 Å². The van der Waals surface area contributed by atoms with Crippen molar-refractivity contribution in [2.24, 2.45) is 0 Å². The molecule has 0 amide bonds. The van der Waals surface area contributed by atoms with Crippen LogP contribution in [0.15, 0.2) is 18.6 Å². The lowest BCUT2D eigenvalue weighted by Crippen LogP contribution is -2.04. The van der Waals surface area contributed by atoms with Crippen molar-refractivity contribution >= 4 is 5.82 Å². The van der Waals surface area contributed by atoms with Crippen molar-refractivity contribution in [1.29, 1.82) is 0 Å². The molecular weight excluding hydrogens is 209 g/mol. The maximum atomic E-state index is 13.5. The highest BCUT2D eigenvalue weighted by molar-refractivity contribution is 5.52. The third-order valence-electron chi connectivity index (χ3n) is 2.06. The number of rotatable bonds is 2. The first-order valence-corrected chi connectivity index (χ1v) is 4.70. The summed E-state index contributed by atoms with van der Waals surface area (Å²) in [6, 6.07) is 1.67. The van der Waals surface area contributed by atoms with E-state index < -0.39 is 5.82 Å². The van der Waals surface area contributed by atoms with E-state index in [4.69, 9.17) is 0 Å². The van der Waals surface area contributed by atoms with Gasteiger partial charge in [0.25, 0.3) is 0 Å². The quantitative estimate of drug-likeness (QED) is 0.827. The second kappa shape index (κ2) is 4.18. The molecule has 0 aliphatic heterocycles. The van der Waals surface area contributed by atoms with Gasteiger partial charge in [-0.15, -0.1) is 0 Å². The smallest absolute Gasteiger partial charge is 0.186 e. The zero-order valence-electron chi connectivity index (χ0n) is 8.90. The highest BCUT2D eigenvalue weighted by atomic mass is 19.1. The van der Waals surface area contributed by atoms with Gasteiger partial charge >= 0.3 is 0 Å². The lowest BCUT2D eigenvalue weighted by atomic mass is 10.3. The second-order valence-corrected chi connectivity index (χ2v) is 3.14. The number of halogens is 1. The molecule has 0 bridgehead atoms. The first kappa shape index (κ1) is 10.4. The highest BCUT2D eigenvalue weighted by Gasteiger charge is 2.11. The Bertz CT molecular complexity index is 500. The van der Waals surface area contributed by atoms with Crippen molar-refractivity contribution in [3.63, 3.8) is 0 Å². The highest BCUT2D eigenvalue weighted by Crippen LogP contribution is 2.18. The Morgan fingerprint density at radius 2 is 2.12 bits per heavy atom. The number of hydrogen-bond donors (Lipinski definition) is 1. The maximum absolute atomic E-state index is 13.5. The standard InChI is InChI=1S/C10H10FN5/c1-6-8(11)10(12-2)16-9(15-6)7-3-4-13-5-14-7/h3-5H,1-2H3,(H,12,15,16). The van der Waals surface area contributed by atoms with Crippen LogP contribution < -0.4 is 5.32 Å². The molecule has 16 heavy (non-hydrogen) atoms. The zero-order valence-corrected chi connectivity index (χ0v) is 8.90. The van der Waals surface area contributed by atoms with Crippen molar-refractivity contribution in [2.45, 2.75) is 6.92 Å². The minimum Gasteiger partial charge on any atom is -0.371 e. The van der Waals surface area contributed by atoms with Crippen LogP contribution in [0.3, 0.4) is 0 Å². The van der Waals surface area contributed by atoms with Gasteiger partial charge in [-0.2, -0.15) is 0 Å². The molecule has 5 nitrogen and oxygen atoms in total. The van der Waals surface area contributed by atoms with Gasteiger partial charge in [-0.05, 0) is 13.0 Å². The Morgan fingerprint density at radius 3 is 2.75 bits per heavy atom. The van der Waals surface area contributed by atoms with E-state index in [9.17, 15) is 4.39 Å². The summed E-state index contributed by atoms with van der Waals surface area (Å²) < 4.78 is 13.5. The summed E-state index contributed by atoms with van der Waals surface area (Å²) in [7, 11) is 1.61. The molecule has 2 aromatic rings. The fourth-order valence-corrected chi connectivity index (χ4v) is 1.26. The maximum Gasteiger partial charge on any atom is 0.186 e. The van der Waals surface area contributed by atoms with E-state index in [1.165, 1.54) is 6.33 Å². The molecule has 0 unspecified atom stereocenters. The number of aryl methyl sites for hydroxylation is 1. The minimum absolute atomic E-state index is 0.168. The first-order valence-electron chi connectivity index (χ1n) is 4.70. The van der Waals surface area contributed by atoms with Crippen LogP contribution in [0.5, 0.6) is 0 Å². The fraction of sp³-hybridized carbons (Fsp3) is 0.200. The Balaban J connectivity index is 2.55. The first-order chi connectivity index (χ1) is 7.72. The minimum atomic E-state index is -0.444. The average Bonchev–Trinajstić information content (AvgIpc) is 2.33. The molecule has 0 atom stereocenters. The van der Waals surface area contributed by atoms with Crippen molar-refractivity contribution in [3.05, 3.63) is 30.1 Å². The number of nitrogens with zero attached hydrogens (tertiary/aromatic N) is 4. The van der Waals surface area contributed by atoms with Gasteiger partial charge < -0.3 is 5.32 Å². The Morgan fingerprint density at radius 1 is 1.31 bits per heavy atom. The Labute approximate surface area is 91.8 Å². The Kier molecular flexibility index (Phi) is 2.72. The number of nitrogens with one attached hydrogen (secondary N) is 1. The number of anilines is 1. The topological polar surface area (TPSA) is 63.6 Å². The molecule has 0 aliphatic rings. The van der Waals surface area contributed by atoms with Crippen LogP contribution in [0, 0.1) is 12.7 Å². The van der Waals surface area contributed by atoms with Gasteiger partial charge in [-0.3, -0.25) is 0 Å². The largest absolute Gasteiger partial charge is 0.371 e. The molecule has 0 spiro atoms. The van der Waals surface area contributed by atoms with Gasteiger partial charge in [0.1, 0.15) is 12.0 Å². The van der Waals surface area contributed by atoms with Crippen LogP contribution in [-0.4, -0.2) is 27.0 Å². The molecule has 0 radical (unpaired) electrons. The van der Waals surface area contributed by atoms with Crippen LogP contribution in [0.25, 0.3) is 11.5 Å². The van der Waals surface area contributed by atoms with Crippen LogP contribution in [0.2, 0.25) is 0 Å². The molecule has 2 heterocycles. The molecular formula is C10H10FN5. The van der Waals surface area contributed by atoms with E-state index in [2.05, 4.69) is 25.3 Å². The predicted molar refractivity (Wildman–Crippen MR) is 57.3 cm³/mol. The van der Waals surface area contributed by atoms with Gasteiger partial charge in [0, 0.05) is 13.2 Å². The molecule has 0 aliphatic carbocycles. The van der Waals surface area contributed by atoms with E-state index in [-0.39, 0.29) is 11.5 Å². The van der Waals surface area contributed by atoms with Gasteiger partial charge in [-0.25, -0.2) is 24.3 Å². The second-order valence-electron chi connectivity index (χ2n) is 3.14. The lowest BCUT2D eigenvalue weighted by molar-refractivity contribution is 0.607. The van der Waals surface area contributed by atoms with Crippen LogP contribution in [0.1, 0.15) is 5.69 Å². The summed E-state index contributed by atoms with van der Waals surface area (Å²) in [4.78, 5) is 15.9. The molecule has 2 aromatic heterocycles. The van der Waals surface area contributed by atoms with Crippen molar-refractivity contribution in [1.82, 2.24) is 19.9 Å². The molecule has 0 saturated heterocycles. The van der Waals surface area contributed by atoms with Gasteiger partial charge in [0.05, 0.1) is 5.69 Å². The molecule has 6 heteroatoms. The SMILES string of the molecule is CNc1nc(-c2ccncn2)nc(C)c1F. The van der Waals surface area contributed by atoms with E-state index >= 15 is 0 Å². The van der Waals surface area contributed by atoms with E-state index in [1.807, 2.05) is 0 Å².